The molecule has 0 fully saturated rings. The Hall–Kier alpha value is -2.21. The second-order valence-corrected chi connectivity index (χ2v) is 8.67. The highest BCUT2D eigenvalue weighted by atomic mass is 32.2. The van der Waals surface area contributed by atoms with Gasteiger partial charge in [-0.1, -0.05) is 62.5 Å². The van der Waals surface area contributed by atoms with Gasteiger partial charge in [0.1, 0.15) is 11.7 Å². The van der Waals surface area contributed by atoms with Gasteiger partial charge in [-0.3, -0.25) is 9.36 Å². The van der Waals surface area contributed by atoms with Gasteiger partial charge in [0, 0.05) is 6.26 Å². The average Bonchev–Trinajstić information content (AvgIpc) is 2.56. The average molecular weight is 389 g/mol. The molecule has 5 nitrogen and oxygen atoms in total. The number of rotatable bonds is 6. The van der Waals surface area contributed by atoms with E-state index in [0.29, 0.717) is 17.8 Å². The molecule has 0 aliphatic rings. The lowest BCUT2D eigenvalue weighted by Gasteiger charge is -2.28. The number of hydrogen-bond donors (Lipinski definition) is 2. The van der Waals surface area contributed by atoms with E-state index in [1.807, 2.05) is 65.1 Å². The zero-order valence-electron chi connectivity index (χ0n) is 16.8. The number of aliphatic carboxylic acids is 1. The molecule has 0 saturated carbocycles. The highest BCUT2D eigenvalue weighted by Gasteiger charge is 2.30. The Morgan fingerprint density at radius 3 is 2.30 bits per heavy atom. The van der Waals surface area contributed by atoms with Gasteiger partial charge >= 0.3 is 5.97 Å². The molecule has 0 aliphatic heterocycles. The number of anilines is 1. The summed E-state index contributed by atoms with van der Waals surface area (Å²) in [5, 5.41) is 9.96. The van der Waals surface area contributed by atoms with Crippen LogP contribution in [0, 0.1) is 19.3 Å². The number of hydrogen-bond acceptors (Lipinski definition) is 4. The minimum atomic E-state index is -0.999. The van der Waals surface area contributed by atoms with E-state index in [9.17, 15) is 14.7 Å². The van der Waals surface area contributed by atoms with Crippen molar-refractivity contribution in [1.29, 1.82) is 0 Å². The van der Waals surface area contributed by atoms with Gasteiger partial charge in [0.25, 0.3) is 5.56 Å². The number of pyridine rings is 1. The zero-order chi connectivity index (χ0) is 20.4. The minimum absolute atomic E-state index is 0.246. The lowest BCUT2D eigenvalue weighted by atomic mass is 9.87. The summed E-state index contributed by atoms with van der Waals surface area (Å²) in [6, 6.07) is 8.65. The first-order valence-electron chi connectivity index (χ1n) is 8.90. The van der Waals surface area contributed by atoms with Crippen LogP contribution in [0.4, 0.5) is 5.69 Å². The van der Waals surface area contributed by atoms with Gasteiger partial charge in [-0.25, -0.2) is 4.79 Å². The van der Waals surface area contributed by atoms with Crippen LogP contribution in [0.5, 0.6) is 0 Å². The lowest BCUT2D eigenvalue weighted by Crippen LogP contribution is -2.35. The molecule has 27 heavy (non-hydrogen) atoms. The molecule has 1 unspecified atom stereocenters. The van der Waals surface area contributed by atoms with Crippen molar-refractivity contribution in [2.75, 3.05) is 11.0 Å². The van der Waals surface area contributed by atoms with E-state index in [1.165, 1.54) is 16.5 Å². The molecule has 0 saturated heterocycles. The van der Waals surface area contributed by atoms with Gasteiger partial charge in [-0.15, -0.1) is 0 Å². The molecule has 2 N–H and O–H groups in total. The molecule has 0 bridgehead atoms. The monoisotopic (exact) mass is 388 g/mol. The quantitative estimate of drug-likeness (QED) is 0.690. The van der Waals surface area contributed by atoms with Crippen LogP contribution in [0.1, 0.15) is 44.4 Å². The molecule has 1 atom stereocenters. The third kappa shape index (κ3) is 4.95. The fourth-order valence-electron chi connectivity index (χ4n) is 3.20. The summed E-state index contributed by atoms with van der Waals surface area (Å²) in [6.45, 7) is 9.85. The third-order valence-electron chi connectivity index (χ3n) is 4.36. The van der Waals surface area contributed by atoms with E-state index in [1.54, 1.807) is 6.07 Å². The summed E-state index contributed by atoms with van der Waals surface area (Å²) in [6.07, 6.45) is 2.18. The Balaban J connectivity index is 2.83. The topological polar surface area (TPSA) is 71.3 Å². The number of aryl methyl sites for hydroxylation is 2. The zero-order valence-corrected chi connectivity index (χ0v) is 17.6. The van der Waals surface area contributed by atoms with Crippen LogP contribution in [0.3, 0.4) is 0 Å². The van der Waals surface area contributed by atoms with Crippen molar-refractivity contribution in [2.24, 2.45) is 5.41 Å². The number of carboxylic acids is 1. The molecule has 1 heterocycles. The second kappa shape index (κ2) is 8.21. The Labute approximate surface area is 164 Å². The Morgan fingerprint density at radius 1 is 1.22 bits per heavy atom. The van der Waals surface area contributed by atoms with Crippen LogP contribution >= 0.6 is 11.9 Å². The molecular formula is C21H28N2O3S. The SMILES string of the molecule is CSNc1cc(C)c(-c2ccc(C)cc2)n(C(CC(C)(C)C)C(=O)O)c1=O. The van der Waals surface area contributed by atoms with E-state index in [4.69, 9.17) is 0 Å². The normalized spacial score (nSPS) is 12.7. The number of benzene rings is 1. The molecule has 6 heteroatoms. The van der Waals surface area contributed by atoms with Crippen LogP contribution in [0.25, 0.3) is 11.3 Å². The fraction of sp³-hybridized carbons (Fsp3) is 0.429. The van der Waals surface area contributed by atoms with Gasteiger partial charge in [0.05, 0.1) is 5.69 Å². The molecule has 2 aromatic rings. The molecule has 0 spiro atoms. The Kier molecular flexibility index (Phi) is 6.42. The largest absolute Gasteiger partial charge is 0.480 e. The smallest absolute Gasteiger partial charge is 0.326 e. The van der Waals surface area contributed by atoms with Crippen molar-refractivity contribution in [3.63, 3.8) is 0 Å². The molecule has 2 rings (SSSR count). The summed E-state index contributed by atoms with van der Waals surface area (Å²) in [5.74, 6) is -0.999. The van der Waals surface area contributed by atoms with Crippen molar-refractivity contribution in [3.8, 4) is 11.3 Å². The predicted molar refractivity (Wildman–Crippen MR) is 113 cm³/mol. The number of aromatic nitrogens is 1. The fourth-order valence-corrected chi connectivity index (χ4v) is 3.56. The van der Waals surface area contributed by atoms with E-state index in [2.05, 4.69) is 4.72 Å². The maximum atomic E-state index is 13.2. The van der Waals surface area contributed by atoms with E-state index in [0.717, 1.165) is 16.7 Å². The van der Waals surface area contributed by atoms with Gasteiger partial charge < -0.3 is 9.83 Å². The van der Waals surface area contributed by atoms with Gasteiger partial charge in [0.2, 0.25) is 0 Å². The van der Waals surface area contributed by atoms with Crippen molar-refractivity contribution in [3.05, 3.63) is 51.8 Å². The summed E-state index contributed by atoms with van der Waals surface area (Å²) >= 11 is 1.31. The van der Waals surface area contributed by atoms with Crippen LogP contribution in [-0.4, -0.2) is 21.9 Å². The highest BCUT2D eigenvalue weighted by molar-refractivity contribution is 7.99. The highest BCUT2D eigenvalue weighted by Crippen LogP contribution is 2.33. The first kappa shape index (κ1) is 21.1. The van der Waals surface area contributed by atoms with Crippen molar-refractivity contribution < 1.29 is 9.90 Å². The van der Waals surface area contributed by atoms with Gasteiger partial charge in [-0.05, 0) is 42.9 Å². The minimum Gasteiger partial charge on any atom is -0.480 e. The third-order valence-corrected chi connectivity index (χ3v) is 4.79. The van der Waals surface area contributed by atoms with Crippen molar-refractivity contribution >= 4 is 23.6 Å². The molecule has 146 valence electrons. The number of carboxylic acid groups (broad SMARTS) is 1. The molecule has 0 radical (unpaired) electrons. The standard InChI is InChI=1S/C21H28N2O3S/c1-13-7-9-15(10-8-13)18-14(2)11-16(22-27-6)19(24)23(18)17(20(25)26)12-21(3,4)5/h7-11,17,22H,12H2,1-6H3,(H,25,26). The maximum Gasteiger partial charge on any atom is 0.326 e. The number of nitrogens with zero attached hydrogens (tertiary/aromatic N) is 1. The summed E-state index contributed by atoms with van der Waals surface area (Å²) in [7, 11) is 0. The van der Waals surface area contributed by atoms with E-state index >= 15 is 0 Å². The molecular weight excluding hydrogens is 360 g/mol. The molecule has 1 aromatic carbocycles. The molecule has 0 aliphatic carbocycles. The van der Waals surface area contributed by atoms with Crippen LogP contribution in [0.2, 0.25) is 0 Å². The van der Waals surface area contributed by atoms with Gasteiger partial charge in [0.15, 0.2) is 0 Å². The van der Waals surface area contributed by atoms with Crippen LogP contribution < -0.4 is 10.3 Å². The first-order chi connectivity index (χ1) is 12.5. The van der Waals surface area contributed by atoms with Crippen LogP contribution in [-0.2, 0) is 4.79 Å². The maximum absolute atomic E-state index is 13.2. The summed E-state index contributed by atoms with van der Waals surface area (Å²) < 4.78 is 4.44. The Bertz CT molecular complexity index is 880. The molecule has 0 amide bonds. The van der Waals surface area contributed by atoms with E-state index < -0.39 is 12.0 Å². The summed E-state index contributed by atoms with van der Waals surface area (Å²) in [5.41, 5.74) is 3.29. The predicted octanol–water partition coefficient (Wildman–Crippen LogP) is 4.88. The summed E-state index contributed by atoms with van der Waals surface area (Å²) in [4.78, 5) is 25.4. The number of nitrogens with one attached hydrogen (secondary N) is 1. The Morgan fingerprint density at radius 2 is 1.81 bits per heavy atom. The van der Waals surface area contributed by atoms with Crippen molar-refractivity contribution in [2.45, 2.75) is 47.1 Å². The number of carbonyl (C=O) groups is 1. The second-order valence-electron chi connectivity index (χ2n) is 8.06. The lowest BCUT2D eigenvalue weighted by molar-refractivity contribution is -0.141. The first-order valence-corrected chi connectivity index (χ1v) is 10.1. The van der Waals surface area contributed by atoms with Crippen molar-refractivity contribution in [1.82, 2.24) is 4.57 Å². The molecule has 1 aromatic heterocycles. The van der Waals surface area contributed by atoms with Gasteiger partial charge in [-0.2, -0.15) is 0 Å². The van der Waals surface area contributed by atoms with Crippen LogP contribution in [0.15, 0.2) is 35.1 Å². The van der Waals surface area contributed by atoms with E-state index in [-0.39, 0.29) is 11.0 Å².